The standard InChI is InChI=1S/C19H23ClN4OS/c1-4-17-22-24-18(25)9-16(21-19(24)26-17)12-23(10-13(2)3)11-14-5-7-15(20)8-6-14/h5-9,13H,4,10-12H2,1-3H3. The Bertz CT molecular complexity index is 933. The van der Waals surface area contributed by atoms with Crippen LogP contribution in [-0.4, -0.2) is 26.0 Å². The molecule has 0 bridgehead atoms. The van der Waals surface area contributed by atoms with Gasteiger partial charge in [-0.15, -0.1) is 0 Å². The molecule has 0 spiro atoms. The number of nitrogens with zero attached hydrogens (tertiary/aromatic N) is 4. The Morgan fingerprint density at radius 1 is 1.23 bits per heavy atom. The molecule has 0 unspecified atom stereocenters. The molecule has 0 aliphatic carbocycles. The zero-order valence-electron chi connectivity index (χ0n) is 15.3. The number of aromatic nitrogens is 3. The summed E-state index contributed by atoms with van der Waals surface area (Å²) in [6.45, 7) is 8.76. The maximum absolute atomic E-state index is 12.4. The van der Waals surface area contributed by atoms with Crippen LogP contribution < -0.4 is 5.56 Å². The number of benzene rings is 1. The van der Waals surface area contributed by atoms with Gasteiger partial charge in [0.15, 0.2) is 0 Å². The molecule has 0 saturated heterocycles. The summed E-state index contributed by atoms with van der Waals surface area (Å²) >= 11 is 7.46. The van der Waals surface area contributed by atoms with Gasteiger partial charge < -0.3 is 0 Å². The fraction of sp³-hybridized carbons (Fsp3) is 0.421. The topological polar surface area (TPSA) is 50.5 Å². The Kier molecular flexibility index (Phi) is 6.06. The lowest BCUT2D eigenvalue weighted by atomic mass is 10.1. The lowest BCUT2D eigenvalue weighted by molar-refractivity contribution is 0.225. The molecule has 26 heavy (non-hydrogen) atoms. The zero-order valence-corrected chi connectivity index (χ0v) is 16.8. The number of aryl methyl sites for hydroxylation is 1. The first kappa shape index (κ1) is 19.0. The fourth-order valence-corrected chi connectivity index (χ4v) is 3.88. The molecule has 3 aromatic rings. The van der Waals surface area contributed by atoms with E-state index in [0.29, 0.717) is 17.4 Å². The molecule has 0 amide bonds. The van der Waals surface area contributed by atoms with E-state index in [1.54, 1.807) is 6.07 Å². The van der Waals surface area contributed by atoms with Crippen LogP contribution in [0.2, 0.25) is 5.02 Å². The first-order valence-electron chi connectivity index (χ1n) is 8.80. The second-order valence-electron chi connectivity index (χ2n) is 6.82. The van der Waals surface area contributed by atoms with Crippen LogP contribution in [0.5, 0.6) is 0 Å². The monoisotopic (exact) mass is 390 g/mol. The quantitative estimate of drug-likeness (QED) is 0.611. The highest BCUT2D eigenvalue weighted by molar-refractivity contribution is 7.16. The van der Waals surface area contributed by atoms with Gasteiger partial charge in [-0.1, -0.05) is 55.8 Å². The molecule has 0 aliphatic rings. The van der Waals surface area contributed by atoms with Crippen molar-refractivity contribution < 1.29 is 0 Å². The molecule has 7 heteroatoms. The zero-order chi connectivity index (χ0) is 18.7. The van der Waals surface area contributed by atoms with Crippen LogP contribution in [0.4, 0.5) is 0 Å². The average molecular weight is 391 g/mol. The molecule has 0 fully saturated rings. The Hall–Kier alpha value is -1.76. The van der Waals surface area contributed by atoms with Gasteiger partial charge in [0.2, 0.25) is 4.96 Å². The van der Waals surface area contributed by atoms with E-state index in [0.717, 1.165) is 35.2 Å². The Morgan fingerprint density at radius 3 is 2.62 bits per heavy atom. The van der Waals surface area contributed by atoms with Gasteiger partial charge in [-0.25, -0.2) is 4.98 Å². The van der Waals surface area contributed by atoms with Crippen LogP contribution in [-0.2, 0) is 19.5 Å². The molecule has 1 aromatic carbocycles. The summed E-state index contributed by atoms with van der Waals surface area (Å²) in [6.07, 6.45) is 0.804. The average Bonchev–Trinajstić information content (AvgIpc) is 3.00. The van der Waals surface area contributed by atoms with Crippen molar-refractivity contribution in [2.75, 3.05) is 6.54 Å². The van der Waals surface area contributed by atoms with Crippen molar-refractivity contribution in [2.45, 2.75) is 40.3 Å². The van der Waals surface area contributed by atoms with Crippen molar-refractivity contribution in [2.24, 2.45) is 5.92 Å². The van der Waals surface area contributed by atoms with Gasteiger partial charge in [0.05, 0.1) is 5.69 Å². The molecular weight excluding hydrogens is 368 g/mol. The van der Waals surface area contributed by atoms with Gasteiger partial charge in [-0.3, -0.25) is 9.69 Å². The van der Waals surface area contributed by atoms with Gasteiger partial charge in [0.1, 0.15) is 5.01 Å². The molecule has 138 valence electrons. The first-order chi connectivity index (χ1) is 12.4. The normalized spacial score (nSPS) is 11.8. The lowest BCUT2D eigenvalue weighted by Crippen LogP contribution is -2.28. The molecule has 0 N–H and O–H groups in total. The smallest absolute Gasteiger partial charge is 0.275 e. The van der Waals surface area contributed by atoms with Crippen molar-refractivity contribution in [1.82, 2.24) is 19.5 Å². The van der Waals surface area contributed by atoms with Crippen LogP contribution in [0.15, 0.2) is 35.1 Å². The largest absolute Gasteiger partial charge is 0.293 e. The SMILES string of the molecule is CCc1nn2c(=O)cc(CN(Cc3ccc(Cl)cc3)CC(C)C)nc2s1. The predicted molar refractivity (Wildman–Crippen MR) is 107 cm³/mol. The minimum Gasteiger partial charge on any atom is -0.293 e. The van der Waals surface area contributed by atoms with Crippen LogP contribution in [0.25, 0.3) is 4.96 Å². The molecule has 2 aromatic heterocycles. The molecule has 0 radical (unpaired) electrons. The van der Waals surface area contributed by atoms with Gasteiger partial charge in [0, 0.05) is 30.7 Å². The summed E-state index contributed by atoms with van der Waals surface area (Å²) < 4.78 is 1.40. The Labute approximate surface area is 162 Å². The highest BCUT2D eigenvalue weighted by Crippen LogP contribution is 2.16. The fourth-order valence-electron chi connectivity index (χ4n) is 2.90. The predicted octanol–water partition coefficient (Wildman–Crippen LogP) is 4.03. The number of halogens is 1. The summed E-state index contributed by atoms with van der Waals surface area (Å²) in [7, 11) is 0. The van der Waals surface area contributed by atoms with Gasteiger partial charge in [0.25, 0.3) is 5.56 Å². The maximum Gasteiger partial charge on any atom is 0.275 e. The molecule has 2 heterocycles. The minimum absolute atomic E-state index is 0.114. The van der Waals surface area contributed by atoms with E-state index >= 15 is 0 Å². The number of rotatable bonds is 7. The van der Waals surface area contributed by atoms with Crippen molar-refractivity contribution in [3.63, 3.8) is 0 Å². The van der Waals surface area contributed by atoms with Crippen molar-refractivity contribution in [1.29, 1.82) is 0 Å². The van der Waals surface area contributed by atoms with E-state index in [1.165, 1.54) is 21.4 Å². The first-order valence-corrected chi connectivity index (χ1v) is 9.99. The summed E-state index contributed by atoms with van der Waals surface area (Å²) in [6, 6.07) is 9.49. The Balaban J connectivity index is 1.84. The maximum atomic E-state index is 12.4. The van der Waals surface area contributed by atoms with E-state index in [9.17, 15) is 4.79 Å². The van der Waals surface area contributed by atoms with Crippen LogP contribution in [0.3, 0.4) is 0 Å². The second kappa shape index (κ2) is 8.29. The van der Waals surface area contributed by atoms with Crippen molar-refractivity contribution >= 4 is 27.9 Å². The third-order valence-electron chi connectivity index (χ3n) is 3.97. The van der Waals surface area contributed by atoms with Gasteiger partial charge in [-0.05, 0) is 30.0 Å². The van der Waals surface area contributed by atoms with Crippen LogP contribution >= 0.6 is 22.9 Å². The van der Waals surface area contributed by atoms with Crippen LogP contribution in [0, 0.1) is 5.92 Å². The Morgan fingerprint density at radius 2 is 1.96 bits per heavy atom. The highest BCUT2D eigenvalue weighted by Gasteiger charge is 2.13. The molecule has 0 atom stereocenters. The molecular formula is C19H23ClN4OS. The number of fused-ring (bicyclic) bond motifs is 1. The summed E-state index contributed by atoms with van der Waals surface area (Å²) in [5.41, 5.74) is 1.87. The summed E-state index contributed by atoms with van der Waals surface area (Å²) in [5, 5.41) is 5.97. The molecule has 5 nitrogen and oxygen atoms in total. The van der Waals surface area contributed by atoms with E-state index in [-0.39, 0.29) is 5.56 Å². The summed E-state index contributed by atoms with van der Waals surface area (Å²) in [5.74, 6) is 0.516. The van der Waals surface area contributed by atoms with Gasteiger partial charge in [-0.2, -0.15) is 9.61 Å². The third-order valence-corrected chi connectivity index (χ3v) is 5.28. The van der Waals surface area contributed by atoms with Crippen LogP contribution in [0.1, 0.15) is 37.0 Å². The molecule has 3 rings (SSSR count). The van der Waals surface area contributed by atoms with E-state index in [4.69, 9.17) is 11.6 Å². The van der Waals surface area contributed by atoms with Gasteiger partial charge >= 0.3 is 0 Å². The minimum atomic E-state index is -0.114. The molecule has 0 saturated carbocycles. The number of hydrogen-bond acceptors (Lipinski definition) is 5. The van der Waals surface area contributed by atoms with Crippen molar-refractivity contribution in [3.8, 4) is 0 Å². The molecule has 0 aliphatic heterocycles. The number of hydrogen-bond donors (Lipinski definition) is 0. The summed E-state index contributed by atoms with van der Waals surface area (Å²) in [4.78, 5) is 20.0. The van der Waals surface area contributed by atoms with E-state index in [1.807, 2.05) is 31.2 Å². The van der Waals surface area contributed by atoms with E-state index < -0.39 is 0 Å². The third kappa shape index (κ3) is 4.69. The highest BCUT2D eigenvalue weighted by atomic mass is 35.5. The second-order valence-corrected chi connectivity index (χ2v) is 8.30. The lowest BCUT2D eigenvalue weighted by Gasteiger charge is -2.24. The van der Waals surface area contributed by atoms with Crippen molar-refractivity contribution in [3.05, 3.63) is 62.0 Å². The van der Waals surface area contributed by atoms with E-state index in [2.05, 4.69) is 28.8 Å².